The van der Waals surface area contributed by atoms with Crippen molar-refractivity contribution in [1.29, 1.82) is 0 Å². The summed E-state index contributed by atoms with van der Waals surface area (Å²) in [6.07, 6.45) is 0. The minimum atomic E-state index is -0.448. The van der Waals surface area contributed by atoms with Gasteiger partial charge in [-0.3, -0.25) is 4.57 Å². The Balaban J connectivity index is 1.69. The maximum absolute atomic E-state index is 12.4. The molecule has 2 heterocycles. The van der Waals surface area contributed by atoms with Gasteiger partial charge in [0.2, 0.25) is 5.76 Å². The number of esters is 1. The van der Waals surface area contributed by atoms with Gasteiger partial charge in [0.25, 0.3) is 0 Å². The molecule has 29 heavy (non-hydrogen) atoms. The molecular formula is C22H21N3O3S. The molecule has 0 aliphatic rings. The number of carbonyl (C=O) groups is 1. The van der Waals surface area contributed by atoms with E-state index >= 15 is 0 Å². The first-order chi connectivity index (χ1) is 14.1. The molecule has 0 atom stereocenters. The van der Waals surface area contributed by atoms with Crippen LogP contribution in [0.2, 0.25) is 0 Å². The second-order valence-electron chi connectivity index (χ2n) is 6.62. The van der Waals surface area contributed by atoms with Crippen LogP contribution in [0.5, 0.6) is 0 Å². The van der Waals surface area contributed by atoms with Crippen molar-refractivity contribution in [2.75, 3.05) is 6.61 Å². The standard InChI is InChI=1S/C22H21N3O3S/c1-4-27-21(26)20-18(17-10-5-6-11-19(17)28-20)13-29-22-24-23-15(3)25(22)16-9-7-8-14(2)12-16/h5-12H,4,13H2,1-3H3. The van der Waals surface area contributed by atoms with Gasteiger partial charge in [0.1, 0.15) is 11.4 Å². The van der Waals surface area contributed by atoms with Gasteiger partial charge in [0, 0.05) is 22.4 Å². The molecular weight excluding hydrogens is 386 g/mol. The molecule has 6 nitrogen and oxygen atoms in total. The highest BCUT2D eigenvalue weighted by molar-refractivity contribution is 7.98. The molecule has 4 rings (SSSR count). The van der Waals surface area contributed by atoms with Crippen LogP contribution >= 0.6 is 11.8 Å². The molecule has 0 saturated carbocycles. The number of nitrogens with zero attached hydrogens (tertiary/aromatic N) is 3. The van der Waals surface area contributed by atoms with Crippen molar-refractivity contribution < 1.29 is 13.9 Å². The lowest BCUT2D eigenvalue weighted by Crippen LogP contribution is -2.06. The molecule has 2 aromatic heterocycles. The third-order valence-electron chi connectivity index (χ3n) is 4.56. The average molecular weight is 407 g/mol. The molecule has 7 heteroatoms. The molecule has 0 bridgehead atoms. The highest BCUT2D eigenvalue weighted by Crippen LogP contribution is 2.33. The van der Waals surface area contributed by atoms with E-state index in [4.69, 9.17) is 9.15 Å². The van der Waals surface area contributed by atoms with E-state index in [1.807, 2.05) is 47.9 Å². The van der Waals surface area contributed by atoms with Crippen LogP contribution in [0.15, 0.2) is 58.1 Å². The number of ether oxygens (including phenoxy) is 1. The zero-order valence-corrected chi connectivity index (χ0v) is 17.3. The number of aryl methyl sites for hydroxylation is 2. The van der Waals surface area contributed by atoms with Crippen molar-refractivity contribution in [1.82, 2.24) is 14.8 Å². The number of rotatable bonds is 6. The van der Waals surface area contributed by atoms with Gasteiger partial charge in [-0.25, -0.2) is 4.79 Å². The van der Waals surface area contributed by atoms with Gasteiger partial charge in [0.05, 0.1) is 6.61 Å². The maximum Gasteiger partial charge on any atom is 0.374 e. The van der Waals surface area contributed by atoms with Crippen LogP contribution in [0.25, 0.3) is 16.7 Å². The number of hydrogen-bond acceptors (Lipinski definition) is 6. The van der Waals surface area contributed by atoms with E-state index in [1.54, 1.807) is 6.92 Å². The Hall–Kier alpha value is -3.06. The Bertz CT molecular complexity index is 1180. The van der Waals surface area contributed by atoms with Gasteiger partial charge >= 0.3 is 5.97 Å². The van der Waals surface area contributed by atoms with Crippen molar-refractivity contribution in [3.8, 4) is 5.69 Å². The smallest absolute Gasteiger partial charge is 0.374 e. The summed E-state index contributed by atoms with van der Waals surface area (Å²) in [5.41, 5.74) is 3.65. The van der Waals surface area contributed by atoms with Crippen LogP contribution in [0.4, 0.5) is 0 Å². The Morgan fingerprint density at radius 1 is 1.14 bits per heavy atom. The molecule has 0 unspecified atom stereocenters. The van der Waals surface area contributed by atoms with Gasteiger partial charge in [-0.2, -0.15) is 0 Å². The van der Waals surface area contributed by atoms with Crippen LogP contribution in [-0.4, -0.2) is 27.3 Å². The fourth-order valence-electron chi connectivity index (χ4n) is 3.24. The third kappa shape index (κ3) is 3.78. The first-order valence-electron chi connectivity index (χ1n) is 9.38. The lowest BCUT2D eigenvalue weighted by molar-refractivity contribution is 0.0491. The fourth-order valence-corrected chi connectivity index (χ4v) is 4.27. The zero-order chi connectivity index (χ0) is 20.4. The van der Waals surface area contributed by atoms with Gasteiger partial charge < -0.3 is 9.15 Å². The fraction of sp³-hybridized carbons (Fsp3) is 0.227. The van der Waals surface area contributed by atoms with Crippen LogP contribution < -0.4 is 0 Å². The third-order valence-corrected chi connectivity index (χ3v) is 5.52. The van der Waals surface area contributed by atoms with E-state index in [9.17, 15) is 4.79 Å². The van der Waals surface area contributed by atoms with E-state index in [1.165, 1.54) is 11.8 Å². The zero-order valence-electron chi connectivity index (χ0n) is 16.5. The molecule has 0 radical (unpaired) electrons. The minimum Gasteiger partial charge on any atom is -0.460 e. The first kappa shape index (κ1) is 19.3. The van der Waals surface area contributed by atoms with Crippen LogP contribution in [-0.2, 0) is 10.5 Å². The average Bonchev–Trinajstić information content (AvgIpc) is 3.27. The van der Waals surface area contributed by atoms with Crippen molar-refractivity contribution >= 4 is 28.7 Å². The van der Waals surface area contributed by atoms with E-state index in [-0.39, 0.29) is 5.76 Å². The largest absolute Gasteiger partial charge is 0.460 e. The molecule has 0 saturated heterocycles. The van der Waals surface area contributed by atoms with Gasteiger partial charge in [0.15, 0.2) is 5.16 Å². The quantitative estimate of drug-likeness (QED) is 0.327. The second kappa shape index (κ2) is 8.13. The number of carbonyl (C=O) groups excluding carboxylic acids is 1. The molecule has 148 valence electrons. The molecule has 0 aliphatic carbocycles. The van der Waals surface area contributed by atoms with Crippen molar-refractivity contribution in [2.24, 2.45) is 0 Å². The van der Waals surface area contributed by atoms with Crippen molar-refractivity contribution in [2.45, 2.75) is 31.7 Å². The highest BCUT2D eigenvalue weighted by atomic mass is 32.2. The monoisotopic (exact) mass is 407 g/mol. The Morgan fingerprint density at radius 2 is 1.97 bits per heavy atom. The number of hydrogen-bond donors (Lipinski definition) is 0. The Labute approximate surface area is 172 Å². The van der Waals surface area contributed by atoms with Crippen LogP contribution in [0.3, 0.4) is 0 Å². The molecule has 0 aliphatic heterocycles. The maximum atomic E-state index is 12.4. The minimum absolute atomic E-state index is 0.249. The topological polar surface area (TPSA) is 70.2 Å². The van der Waals surface area contributed by atoms with E-state index < -0.39 is 5.97 Å². The summed E-state index contributed by atoms with van der Waals surface area (Å²) in [6.45, 7) is 6.06. The normalized spacial score (nSPS) is 11.1. The number of benzene rings is 2. The molecule has 0 amide bonds. The summed E-state index contributed by atoms with van der Waals surface area (Å²) in [7, 11) is 0. The van der Waals surface area contributed by atoms with Gasteiger partial charge in [-0.15, -0.1) is 10.2 Å². The van der Waals surface area contributed by atoms with E-state index in [0.717, 1.165) is 33.2 Å². The number of furan rings is 1. The van der Waals surface area contributed by atoms with Gasteiger partial charge in [-0.1, -0.05) is 42.1 Å². The molecule has 4 aromatic rings. The van der Waals surface area contributed by atoms with Gasteiger partial charge in [-0.05, 0) is 44.5 Å². The second-order valence-corrected chi connectivity index (χ2v) is 7.56. The summed E-state index contributed by atoms with van der Waals surface area (Å²) in [6, 6.07) is 15.8. The molecule has 0 spiro atoms. The summed E-state index contributed by atoms with van der Waals surface area (Å²) >= 11 is 1.51. The Morgan fingerprint density at radius 3 is 2.76 bits per heavy atom. The summed E-state index contributed by atoms with van der Waals surface area (Å²) in [4.78, 5) is 12.4. The number of para-hydroxylation sites is 1. The Kier molecular flexibility index (Phi) is 5.40. The number of aromatic nitrogens is 3. The van der Waals surface area contributed by atoms with Crippen LogP contribution in [0.1, 0.15) is 34.4 Å². The highest BCUT2D eigenvalue weighted by Gasteiger charge is 2.22. The summed E-state index contributed by atoms with van der Waals surface area (Å²) in [5, 5.41) is 10.3. The number of thioether (sulfide) groups is 1. The summed E-state index contributed by atoms with van der Waals surface area (Å²) in [5.74, 6) is 1.12. The van der Waals surface area contributed by atoms with Crippen molar-refractivity contribution in [3.05, 3.63) is 71.2 Å². The molecule has 0 fully saturated rings. The lowest BCUT2D eigenvalue weighted by Gasteiger charge is -2.09. The SMILES string of the molecule is CCOC(=O)c1oc2ccccc2c1CSc1nnc(C)n1-c1cccc(C)c1. The first-order valence-corrected chi connectivity index (χ1v) is 10.4. The predicted octanol–water partition coefficient (Wildman–Crippen LogP) is 5.10. The summed E-state index contributed by atoms with van der Waals surface area (Å²) < 4.78 is 13.0. The van der Waals surface area contributed by atoms with Crippen molar-refractivity contribution in [3.63, 3.8) is 0 Å². The molecule has 0 N–H and O–H groups in total. The molecule has 2 aromatic carbocycles. The van der Waals surface area contributed by atoms with E-state index in [2.05, 4.69) is 29.3 Å². The number of fused-ring (bicyclic) bond motifs is 1. The van der Waals surface area contributed by atoms with Crippen LogP contribution in [0, 0.1) is 13.8 Å². The lowest BCUT2D eigenvalue weighted by atomic mass is 10.1. The van der Waals surface area contributed by atoms with E-state index in [0.29, 0.717) is 17.9 Å². The predicted molar refractivity (Wildman–Crippen MR) is 113 cm³/mol.